The minimum Gasteiger partial charge on any atom is -0.304 e. The number of thioether (sulfide) groups is 1. The highest BCUT2D eigenvalue weighted by molar-refractivity contribution is 7.99. The van der Waals surface area contributed by atoms with Gasteiger partial charge in [-0.15, -0.1) is 0 Å². The van der Waals surface area contributed by atoms with Crippen LogP contribution in [0.3, 0.4) is 0 Å². The van der Waals surface area contributed by atoms with Crippen molar-refractivity contribution in [3.05, 3.63) is 11.6 Å². The predicted octanol–water partition coefficient (Wildman–Crippen LogP) is 4.83. The lowest BCUT2D eigenvalue weighted by molar-refractivity contribution is 0.305. The Bertz CT molecular complexity index is 205. The molecule has 0 aliphatic carbocycles. The van der Waals surface area contributed by atoms with Crippen LogP contribution in [0.2, 0.25) is 0 Å². The molecule has 0 N–H and O–H groups in total. The zero-order valence-corrected chi connectivity index (χ0v) is 14.0. The monoisotopic (exact) mass is 271 g/mol. The van der Waals surface area contributed by atoms with Crippen LogP contribution in [-0.2, 0) is 0 Å². The van der Waals surface area contributed by atoms with E-state index < -0.39 is 0 Å². The zero-order chi connectivity index (χ0) is 13.8. The van der Waals surface area contributed by atoms with Crippen molar-refractivity contribution < 1.29 is 0 Å². The first-order valence-electron chi connectivity index (χ1n) is 7.53. The Morgan fingerprint density at radius 1 is 1.22 bits per heavy atom. The lowest BCUT2D eigenvalue weighted by Gasteiger charge is -2.17. The molecule has 0 amide bonds. The molecule has 18 heavy (non-hydrogen) atoms. The van der Waals surface area contributed by atoms with Gasteiger partial charge in [-0.3, -0.25) is 0 Å². The van der Waals surface area contributed by atoms with Gasteiger partial charge < -0.3 is 4.90 Å². The van der Waals surface area contributed by atoms with Gasteiger partial charge in [0.2, 0.25) is 0 Å². The van der Waals surface area contributed by atoms with Crippen LogP contribution < -0.4 is 0 Å². The summed E-state index contributed by atoms with van der Waals surface area (Å²) in [5, 5.41) is 0. The van der Waals surface area contributed by atoms with E-state index in [-0.39, 0.29) is 0 Å². The van der Waals surface area contributed by atoms with Crippen LogP contribution in [-0.4, -0.2) is 36.0 Å². The van der Waals surface area contributed by atoms with Gasteiger partial charge in [0.15, 0.2) is 0 Å². The average Bonchev–Trinajstić information content (AvgIpc) is 2.33. The van der Waals surface area contributed by atoms with Crippen molar-refractivity contribution in [1.82, 2.24) is 4.90 Å². The zero-order valence-electron chi connectivity index (χ0n) is 13.2. The van der Waals surface area contributed by atoms with Crippen LogP contribution in [0.4, 0.5) is 0 Å². The SMILES string of the molecule is CCN(CC)CCCSCC(C)CCC=C(C)C. The highest BCUT2D eigenvalue weighted by Crippen LogP contribution is 2.15. The van der Waals surface area contributed by atoms with Crippen molar-refractivity contribution in [2.45, 2.75) is 53.9 Å². The van der Waals surface area contributed by atoms with E-state index >= 15 is 0 Å². The summed E-state index contributed by atoms with van der Waals surface area (Å²) < 4.78 is 0. The molecule has 0 aromatic carbocycles. The first-order valence-corrected chi connectivity index (χ1v) is 8.69. The topological polar surface area (TPSA) is 3.24 Å². The molecule has 0 fully saturated rings. The number of allylic oxidation sites excluding steroid dienone is 2. The van der Waals surface area contributed by atoms with Gasteiger partial charge in [-0.25, -0.2) is 0 Å². The van der Waals surface area contributed by atoms with Crippen LogP contribution in [0.1, 0.15) is 53.9 Å². The average molecular weight is 272 g/mol. The van der Waals surface area contributed by atoms with E-state index in [4.69, 9.17) is 0 Å². The van der Waals surface area contributed by atoms with Crippen molar-refractivity contribution in [1.29, 1.82) is 0 Å². The molecule has 0 bridgehead atoms. The van der Waals surface area contributed by atoms with Gasteiger partial charge in [-0.2, -0.15) is 11.8 Å². The number of rotatable bonds is 11. The molecule has 0 aliphatic heterocycles. The number of hydrogen-bond acceptors (Lipinski definition) is 2. The summed E-state index contributed by atoms with van der Waals surface area (Å²) in [4.78, 5) is 2.51. The lowest BCUT2D eigenvalue weighted by atomic mass is 10.1. The van der Waals surface area contributed by atoms with Crippen molar-refractivity contribution in [3.63, 3.8) is 0 Å². The highest BCUT2D eigenvalue weighted by Gasteiger charge is 2.02. The van der Waals surface area contributed by atoms with Crippen LogP contribution in [0, 0.1) is 5.92 Å². The standard InChI is InChI=1S/C16H33NS/c1-6-17(7-2)12-9-13-18-14-16(5)11-8-10-15(3)4/h10,16H,6-9,11-14H2,1-5H3. The molecular formula is C16H33NS. The summed E-state index contributed by atoms with van der Waals surface area (Å²) in [7, 11) is 0. The fourth-order valence-corrected chi connectivity index (χ4v) is 3.02. The summed E-state index contributed by atoms with van der Waals surface area (Å²) in [6.45, 7) is 14.9. The summed E-state index contributed by atoms with van der Waals surface area (Å²) in [6, 6.07) is 0. The molecular weight excluding hydrogens is 238 g/mol. The highest BCUT2D eigenvalue weighted by atomic mass is 32.2. The van der Waals surface area contributed by atoms with Crippen LogP contribution in [0.5, 0.6) is 0 Å². The van der Waals surface area contributed by atoms with Gasteiger partial charge in [0.1, 0.15) is 0 Å². The summed E-state index contributed by atoms with van der Waals surface area (Å²) in [5.41, 5.74) is 1.45. The molecule has 0 aliphatic rings. The number of hydrogen-bond donors (Lipinski definition) is 0. The third-order valence-corrected chi connectivity index (χ3v) is 4.65. The fraction of sp³-hybridized carbons (Fsp3) is 0.875. The van der Waals surface area contributed by atoms with Gasteiger partial charge >= 0.3 is 0 Å². The maximum atomic E-state index is 2.51. The van der Waals surface area contributed by atoms with E-state index in [1.807, 2.05) is 0 Å². The van der Waals surface area contributed by atoms with Gasteiger partial charge in [-0.1, -0.05) is 32.4 Å². The Morgan fingerprint density at radius 3 is 2.44 bits per heavy atom. The molecule has 2 heteroatoms. The lowest BCUT2D eigenvalue weighted by Crippen LogP contribution is -2.24. The molecule has 1 atom stereocenters. The Kier molecular flexibility index (Phi) is 12.1. The van der Waals surface area contributed by atoms with E-state index in [2.05, 4.69) is 57.4 Å². The van der Waals surface area contributed by atoms with Gasteiger partial charge in [0, 0.05) is 0 Å². The molecule has 0 aromatic heterocycles. The third kappa shape index (κ3) is 11.2. The van der Waals surface area contributed by atoms with Crippen LogP contribution in [0.25, 0.3) is 0 Å². The van der Waals surface area contributed by atoms with Gasteiger partial charge in [0.25, 0.3) is 0 Å². The minimum absolute atomic E-state index is 0.860. The maximum Gasteiger partial charge on any atom is -0.00111 e. The first-order chi connectivity index (χ1) is 8.60. The molecule has 0 rings (SSSR count). The van der Waals surface area contributed by atoms with Crippen molar-refractivity contribution in [2.24, 2.45) is 5.92 Å². The molecule has 0 saturated carbocycles. The second-order valence-corrected chi connectivity index (χ2v) is 6.57. The van der Waals surface area contributed by atoms with Crippen LogP contribution >= 0.6 is 11.8 Å². The Balaban J connectivity index is 3.40. The van der Waals surface area contributed by atoms with Gasteiger partial charge in [0.05, 0.1) is 0 Å². The van der Waals surface area contributed by atoms with E-state index in [9.17, 15) is 0 Å². The molecule has 0 heterocycles. The molecule has 0 saturated heterocycles. The summed E-state index contributed by atoms with van der Waals surface area (Å²) in [5.74, 6) is 3.51. The predicted molar refractivity (Wildman–Crippen MR) is 87.6 cm³/mol. The van der Waals surface area contributed by atoms with Gasteiger partial charge in [-0.05, 0) is 70.2 Å². The maximum absolute atomic E-state index is 2.51. The van der Waals surface area contributed by atoms with E-state index in [1.54, 1.807) is 0 Å². The molecule has 0 aromatic rings. The fourth-order valence-electron chi connectivity index (χ4n) is 1.95. The number of nitrogens with zero attached hydrogens (tertiary/aromatic N) is 1. The molecule has 1 nitrogen and oxygen atoms in total. The van der Waals surface area contributed by atoms with E-state index in [1.165, 1.54) is 56.0 Å². The second-order valence-electron chi connectivity index (χ2n) is 5.42. The largest absolute Gasteiger partial charge is 0.304 e. The third-order valence-electron chi connectivity index (χ3n) is 3.27. The van der Waals surface area contributed by atoms with Crippen molar-refractivity contribution >= 4 is 11.8 Å². The minimum atomic E-state index is 0.860. The molecule has 0 radical (unpaired) electrons. The molecule has 1 unspecified atom stereocenters. The smallest absolute Gasteiger partial charge is 0.00111 e. The van der Waals surface area contributed by atoms with Crippen molar-refractivity contribution in [2.75, 3.05) is 31.1 Å². The van der Waals surface area contributed by atoms with Crippen LogP contribution in [0.15, 0.2) is 11.6 Å². The first kappa shape index (κ1) is 18.0. The molecule has 108 valence electrons. The van der Waals surface area contributed by atoms with E-state index in [0.29, 0.717) is 0 Å². The summed E-state index contributed by atoms with van der Waals surface area (Å²) in [6.07, 6.45) is 6.30. The van der Waals surface area contributed by atoms with E-state index in [0.717, 1.165) is 5.92 Å². The quantitative estimate of drug-likeness (QED) is 0.391. The Hall–Kier alpha value is 0.0500. The second kappa shape index (κ2) is 12.1. The Morgan fingerprint density at radius 2 is 1.89 bits per heavy atom. The molecule has 0 spiro atoms. The Labute approximate surface area is 119 Å². The summed E-state index contributed by atoms with van der Waals surface area (Å²) >= 11 is 2.14. The van der Waals surface area contributed by atoms with Crippen molar-refractivity contribution in [3.8, 4) is 0 Å². The normalized spacial score (nSPS) is 12.8.